The summed E-state index contributed by atoms with van der Waals surface area (Å²) in [5, 5.41) is 8.98. The number of thiophene rings is 1. The molecule has 0 aliphatic heterocycles. The first-order valence-corrected chi connectivity index (χ1v) is 6.33. The molecule has 1 atom stereocenters. The molecule has 0 spiro atoms. The number of aryl methyl sites for hydroxylation is 1. The van der Waals surface area contributed by atoms with E-state index >= 15 is 0 Å². The van der Waals surface area contributed by atoms with Crippen molar-refractivity contribution in [1.29, 1.82) is 0 Å². The van der Waals surface area contributed by atoms with Gasteiger partial charge in [0, 0.05) is 10.9 Å². The summed E-state index contributed by atoms with van der Waals surface area (Å²) < 4.78 is 0. The van der Waals surface area contributed by atoms with Crippen molar-refractivity contribution in [1.82, 2.24) is 4.90 Å². The molecule has 1 N–H and O–H groups in total. The number of carbonyl (C=O) groups excluding carboxylic acids is 1. The molecule has 0 bridgehead atoms. The number of carbonyl (C=O) groups is 1. The largest absolute Gasteiger partial charge is 0.395 e. The molecule has 0 radical (unpaired) electrons. The molecule has 1 heterocycles. The van der Waals surface area contributed by atoms with Crippen LogP contribution >= 0.6 is 11.3 Å². The first-order chi connectivity index (χ1) is 7.58. The molecule has 90 valence electrons. The summed E-state index contributed by atoms with van der Waals surface area (Å²) in [5.41, 5.74) is 0. The van der Waals surface area contributed by atoms with Gasteiger partial charge < -0.3 is 5.11 Å². The molecule has 0 aromatic carbocycles. The maximum Gasteiger partial charge on any atom is 0.186 e. The summed E-state index contributed by atoms with van der Waals surface area (Å²) in [5.74, 6) is 0.132. The third kappa shape index (κ3) is 3.40. The van der Waals surface area contributed by atoms with E-state index in [9.17, 15) is 4.79 Å². The van der Waals surface area contributed by atoms with Crippen LogP contribution in [-0.2, 0) is 6.42 Å². The summed E-state index contributed by atoms with van der Waals surface area (Å²) in [6.07, 6.45) is 0.973. The third-order valence-corrected chi connectivity index (χ3v) is 3.97. The van der Waals surface area contributed by atoms with Crippen LogP contribution in [0.2, 0.25) is 0 Å². The summed E-state index contributed by atoms with van der Waals surface area (Å²) in [4.78, 5) is 15.8. The minimum Gasteiger partial charge on any atom is -0.395 e. The Hall–Kier alpha value is -0.710. The maximum absolute atomic E-state index is 11.9. The van der Waals surface area contributed by atoms with E-state index in [0.29, 0.717) is 6.54 Å². The Kier molecular flexibility index (Phi) is 5.12. The second kappa shape index (κ2) is 6.13. The van der Waals surface area contributed by atoms with Gasteiger partial charge in [0.25, 0.3) is 0 Å². The number of hydrogen-bond donors (Lipinski definition) is 1. The van der Waals surface area contributed by atoms with Crippen molar-refractivity contribution in [3.8, 4) is 0 Å². The molecular weight excluding hydrogens is 222 g/mol. The van der Waals surface area contributed by atoms with Gasteiger partial charge in [-0.1, -0.05) is 6.92 Å². The zero-order valence-corrected chi connectivity index (χ0v) is 10.9. The highest BCUT2D eigenvalue weighted by Crippen LogP contribution is 2.17. The van der Waals surface area contributed by atoms with Gasteiger partial charge in [-0.05, 0) is 32.5 Å². The predicted molar refractivity (Wildman–Crippen MR) is 67.2 cm³/mol. The van der Waals surface area contributed by atoms with Crippen molar-refractivity contribution in [3.05, 3.63) is 21.9 Å². The van der Waals surface area contributed by atoms with E-state index < -0.39 is 0 Å². The first-order valence-electron chi connectivity index (χ1n) is 5.51. The molecule has 0 aliphatic rings. The van der Waals surface area contributed by atoms with Crippen molar-refractivity contribution in [3.63, 3.8) is 0 Å². The van der Waals surface area contributed by atoms with E-state index in [-0.39, 0.29) is 18.4 Å². The predicted octanol–water partition coefficient (Wildman–Crippen LogP) is 1.81. The highest BCUT2D eigenvalue weighted by Gasteiger charge is 2.15. The van der Waals surface area contributed by atoms with Gasteiger partial charge in [-0.15, -0.1) is 11.3 Å². The highest BCUT2D eigenvalue weighted by atomic mass is 32.1. The van der Waals surface area contributed by atoms with Crippen LogP contribution < -0.4 is 0 Å². The number of hydrogen-bond acceptors (Lipinski definition) is 4. The molecule has 4 heteroatoms. The lowest BCUT2D eigenvalue weighted by atomic mass is 10.2. The standard InChI is InChI=1S/C12H19NO2S/c1-4-10-5-6-12(16-10)11(15)7-13(3)9(2)8-14/h5-6,9,14H,4,7-8H2,1-3H3. The Morgan fingerprint density at radius 1 is 1.56 bits per heavy atom. The van der Waals surface area contributed by atoms with Gasteiger partial charge in [0.05, 0.1) is 18.0 Å². The van der Waals surface area contributed by atoms with E-state index in [2.05, 4.69) is 6.92 Å². The lowest BCUT2D eigenvalue weighted by Gasteiger charge is -2.21. The molecule has 1 aromatic rings. The number of aliphatic hydroxyl groups is 1. The van der Waals surface area contributed by atoms with Gasteiger partial charge in [0.1, 0.15) is 0 Å². The Morgan fingerprint density at radius 3 is 2.75 bits per heavy atom. The smallest absolute Gasteiger partial charge is 0.186 e. The topological polar surface area (TPSA) is 40.5 Å². The van der Waals surface area contributed by atoms with E-state index in [0.717, 1.165) is 11.3 Å². The maximum atomic E-state index is 11.9. The summed E-state index contributed by atoms with van der Waals surface area (Å²) in [6, 6.07) is 3.92. The SMILES string of the molecule is CCc1ccc(C(=O)CN(C)C(C)CO)s1. The third-order valence-electron chi connectivity index (χ3n) is 2.69. The van der Waals surface area contributed by atoms with Crippen molar-refractivity contribution < 1.29 is 9.90 Å². The fourth-order valence-electron chi connectivity index (χ4n) is 1.32. The molecule has 16 heavy (non-hydrogen) atoms. The van der Waals surface area contributed by atoms with Crippen LogP contribution in [0.4, 0.5) is 0 Å². The molecular formula is C12H19NO2S. The van der Waals surface area contributed by atoms with Crippen molar-refractivity contribution >= 4 is 17.1 Å². The number of nitrogens with zero attached hydrogens (tertiary/aromatic N) is 1. The second-order valence-corrected chi connectivity index (χ2v) is 5.16. The first kappa shape index (κ1) is 13.4. The molecule has 0 aliphatic carbocycles. The fourth-order valence-corrected chi connectivity index (χ4v) is 2.19. The molecule has 1 unspecified atom stereocenters. The minimum atomic E-state index is 0.0227. The average Bonchev–Trinajstić information content (AvgIpc) is 2.76. The van der Waals surface area contributed by atoms with Crippen molar-refractivity contribution in [2.75, 3.05) is 20.2 Å². The Morgan fingerprint density at radius 2 is 2.25 bits per heavy atom. The lowest BCUT2D eigenvalue weighted by Crippen LogP contribution is -2.35. The van der Waals surface area contributed by atoms with Gasteiger partial charge in [-0.2, -0.15) is 0 Å². The van der Waals surface area contributed by atoms with Gasteiger partial charge in [-0.25, -0.2) is 0 Å². The summed E-state index contributed by atoms with van der Waals surface area (Å²) in [7, 11) is 1.85. The number of ketones is 1. The monoisotopic (exact) mass is 241 g/mol. The highest BCUT2D eigenvalue weighted by molar-refractivity contribution is 7.14. The van der Waals surface area contributed by atoms with Crippen LogP contribution in [0.1, 0.15) is 28.4 Å². The van der Waals surface area contributed by atoms with Crippen LogP contribution in [0.15, 0.2) is 12.1 Å². The zero-order chi connectivity index (χ0) is 12.1. The second-order valence-electron chi connectivity index (χ2n) is 3.99. The lowest BCUT2D eigenvalue weighted by molar-refractivity contribution is 0.0894. The normalized spacial score (nSPS) is 13.1. The molecule has 0 amide bonds. The van der Waals surface area contributed by atoms with E-state index in [1.54, 1.807) is 11.3 Å². The number of aliphatic hydroxyl groups excluding tert-OH is 1. The van der Waals surface area contributed by atoms with Crippen molar-refractivity contribution in [2.45, 2.75) is 26.3 Å². The van der Waals surface area contributed by atoms with Crippen molar-refractivity contribution in [2.24, 2.45) is 0 Å². The van der Waals surface area contributed by atoms with Crippen LogP contribution in [0.25, 0.3) is 0 Å². The number of Topliss-reactive ketones (excluding diaryl/α,β-unsaturated/α-hetero) is 1. The van der Waals surface area contributed by atoms with E-state index in [4.69, 9.17) is 5.11 Å². The minimum absolute atomic E-state index is 0.0227. The van der Waals surface area contributed by atoms with Crippen LogP contribution in [0.5, 0.6) is 0 Å². The molecule has 1 aromatic heterocycles. The Labute approximate surface area is 101 Å². The van der Waals surface area contributed by atoms with E-state index in [1.807, 2.05) is 31.0 Å². The van der Waals surface area contributed by atoms with Gasteiger partial charge in [0.15, 0.2) is 5.78 Å². The molecule has 3 nitrogen and oxygen atoms in total. The quantitative estimate of drug-likeness (QED) is 0.772. The van der Waals surface area contributed by atoms with Gasteiger partial charge in [0.2, 0.25) is 0 Å². The fraction of sp³-hybridized carbons (Fsp3) is 0.583. The van der Waals surface area contributed by atoms with Gasteiger partial charge >= 0.3 is 0 Å². The van der Waals surface area contributed by atoms with Gasteiger partial charge in [-0.3, -0.25) is 9.69 Å². The summed E-state index contributed by atoms with van der Waals surface area (Å²) >= 11 is 1.56. The van der Waals surface area contributed by atoms with Crippen LogP contribution in [-0.4, -0.2) is 42.0 Å². The Balaban J connectivity index is 2.58. The molecule has 0 saturated heterocycles. The molecule has 0 saturated carbocycles. The zero-order valence-electron chi connectivity index (χ0n) is 10.1. The van der Waals surface area contributed by atoms with Crippen LogP contribution in [0.3, 0.4) is 0 Å². The Bertz CT molecular complexity index is 349. The molecule has 0 fully saturated rings. The average molecular weight is 241 g/mol. The van der Waals surface area contributed by atoms with E-state index in [1.165, 1.54) is 4.88 Å². The number of rotatable bonds is 6. The number of likely N-dealkylation sites (N-methyl/N-ethyl adjacent to an activating group) is 1. The molecule has 1 rings (SSSR count). The van der Waals surface area contributed by atoms with Crippen LogP contribution in [0, 0.1) is 0 Å². The summed E-state index contributed by atoms with van der Waals surface area (Å²) in [6.45, 7) is 4.43.